The average Bonchev–Trinajstić information content (AvgIpc) is 2.87. The fourth-order valence-corrected chi connectivity index (χ4v) is 2.79. The molecule has 3 nitrogen and oxygen atoms in total. The number of thiophene rings is 1. The van der Waals surface area contributed by atoms with Crippen LogP contribution in [0.2, 0.25) is 0 Å². The van der Waals surface area contributed by atoms with Crippen molar-refractivity contribution >= 4 is 21.4 Å². The predicted molar refractivity (Wildman–Crippen MR) is 67.9 cm³/mol. The molecule has 17 heavy (non-hydrogen) atoms. The van der Waals surface area contributed by atoms with Gasteiger partial charge in [0.25, 0.3) is 0 Å². The van der Waals surface area contributed by atoms with Gasteiger partial charge in [-0.2, -0.15) is 0 Å². The minimum absolute atomic E-state index is 0.626. The first-order valence-electron chi connectivity index (χ1n) is 5.26. The third-order valence-electron chi connectivity index (χ3n) is 2.69. The quantitative estimate of drug-likeness (QED) is 0.751. The standard InChI is InChI=1S/C13H10N2OS/c16-12(11-4-6-14-8-15-11)10-3-1-2-9-5-7-17-13(9)10/h1-8,12,16H. The number of hydrogen-bond acceptors (Lipinski definition) is 4. The molecule has 0 fully saturated rings. The molecule has 1 atom stereocenters. The predicted octanol–water partition coefficient (Wildman–Crippen LogP) is 2.77. The van der Waals surface area contributed by atoms with Gasteiger partial charge in [0.2, 0.25) is 0 Å². The van der Waals surface area contributed by atoms with Gasteiger partial charge in [-0.3, -0.25) is 0 Å². The van der Waals surface area contributed by atoms with Crippen molar-refractivity contribution in [3.63, 3.8) is 0 Å². The highest BCUT2D eigenvalue weighted by Gasteiger charge is 2.14. The Kier molecular flexibility index (Phi) is 2.59. The maximum Gasteiger partial charge on any atom is 0.122 e. The lowest BCUT2D eigenvalue weighted by atomic mass is 10.0. The minimum Gasteiger partial charge on any atom is -0.382 e. The molecule has 2 heterocycles. The largest absolute Gasteiger partial charge is 0.382 e. The molecule has 0 saturated carbocycles. The molecule has 3 aromatic rings. The number of fused-ring (bicyclic) bond motifs is 1. The summed E-state index contributed by atoms with van der Waals surface area (Å²) in [6.07, 6.45) is 2.40. The molecular formula is C13H10N2OS. The van der Waals surface area contributed by atoms with E-state index in [-0.39, 0.29) is 0 Å². The number of aliphatic hydroxyl groups excluding tert-OH is 1. The number of aliphatic hydroxyl groups is 1. The first-order chi connectivity index (χ1) is 8.36. The zero-order valence-corrected chi connectivity index (χ0v) is 9.76. The first kappa shape index (κ1) is 10.4. The van der Waals surface area contributed by atoms with E-state index in [2.05, 4.69) is 16.0 Å². The topological polar surface area (TPSA) is 46.0 Å². The second kappa shape index (κ2) is 4.24. The molecule has 0 aliphatic carbocycles. The Morgan fingerprint density at radius 2 is 2.12 bits per heavy atom. The molecule has 0 spiro atoms. The molecule has 0 aliphatic rings. The minimum atomic E-state index is -0.694. The van der Waals surface area contributed by atoms with E-state index in [9.17, 15) is 5.11 Å². The fourth-order valence-electron chi connectivity index (χ4n) is 1.85. The lowest BCUT2D eigenvalue weighted by Gasteiger charge is -2.10. The van der Waals surface area contributed by atoms with Crippen molar-refractivity contribution in [3.05, 3.63) is 59.5 Å². The van der Waals surface area contributed by atoms with Gasteiger partial charge in [-0.25, -0.2) is 9.97 Å². The smallest absolute Gasteiger partial charge is 0.122 e. The molecule has 1 unspecified atom stereocenters. The van der Waals surface area contributed by atoms with E-state index < -0.39 is 6.10 Å². The third-order valence-corrected chi connectivity index (χ3v) is 3.67. The van der Waals surface area contributed by atoms with Crippen molar-refractivity contribution in [2.24, 2.45) is 0 Å². The van der Waals surface area contributed by atoms with Crippen LogP contribution in [0.25, 0.3) is 10.1 Å². The summed E-state index contributed by atoms with van der Waals surface area (Å²) in [5.74, 6) is 0. The van der Waals surface area contributed by atoms with E-state index in [4.69, 9.17) is 0 Å². The molecule has 84 valence electrons. The summed E-state index contributed by atoms with van der Waals surface area (Å²) >= 11 is 1.63. The average molecular weight is 242 g/mol. The molecule has 0 bridgehead atoms. The van der Waals surface area contributed by atoms with Gasteiger partial charge in [-0.05, 0) is 22.9 Å². The normalized spacial score (nSPS) is 12.8. The van der Waals surface area contributed by atoms with Gasteiger partial charge in [0, 0.05) is 16.5 Å². The van der Waals surface area contributed by atoms with E-state index >= 15 is 0 Å². The third kappa shape index (κ3) is 1.81. The zero-order chi connectivity index (χ0) is 11.7. The molecular weight excluding hydrogens is 232 g/mol. The van der Waals surface area contributed by atoms with Gasteiger partial charge in [0.05, 0.1) is 5.69 Å². The zero-order valence-electron chi connectivity index (χ0n) is 8.95. The van der Waals surface area contributed by atoms with Crippen LogP contribution >= 0.6 is 11.3 Å². The summed E-state index contributed by atoms with van der Waals surface area (Å²) in [4.78, 5) is 7.94. The van der Waals surface area contributed by atoms with Crippen LogP contribution in [0.3, 0.4) is 0 Å². The van der Waals surface area contributed by atoms with Crippen molar-refractivity contribution in [2.45, 2.75) is 6.10 Å². The van der Waals surface area contributed by atoms with E-state index in [1.807, 2.05) is 23.6 Å². The number of rotatable bonds is 2. The highest BCUT2D eigenvalue weighted by atomic mass is 32.1. The molecule has 2 aromatic heterocycles. The van der Waals surface area contributed by atoms with Gasteiger partial charge < -0.3 is 5.11 Å². The maximum atomic E-state index is 10.3. The van der Waals surface area contributed by atoms with Crippen LogP contribution in [0, 0.1) is 0 Å². The molecule has 1 N–H and O–H groups in total. The molecule has 0 radical (unpaired) electrons. The molecule has 3 rings (SSSR count). The Bertz CT molecular complexity index is 636. The van der Waals surface area contributed by atoms with Crippen LogP contribution in [0.5, 0.6) is 0 Å². The molecule has 0 aliphatic heterocycles. The number of hydrogen-bond donors (Lipinski definition) is 1. The van der Waals surface area contributed by atoms with E-state index in [0.29, 0.717) is 5.69 Å². The van der Waals surface area contributed by atoms with Crippen LogP contribution in [0.1, 0.15) is 17.4 Å². The van der Waals surface area contributed by atoms with Crippen LogP contribution in [-0.2, 0) is 0 Å². The molecule has 1 aromatic carbocycles. The van der Waals surface area contributed by atoms with Gasteiger partial charge in [0.15, 0.2) is 0 Å². The van der Waals surface area contributed by atoms with E-state index in [1.54, 1.807) is 23.6 Å². The van der Waals surface area contributed by atoms with Crippen molar-refractivity contribution in [1.82, 2.24) is 9.97 Å². The molecule has 0 amide bonds. The van der Waals surface area contributed by atoms with E-state index in [1.165, 1.54) is 6.33 Å². The van der Waals surface area contributed by atoms with Gasteiger partial charge in [-0.15, -0.1) is 11.3 Å². The van der Waals surface area contributed by atoms with Crippen molar-refractivity contribution in [2.75, 3.05) is 0 Å². The van der Waals surface area contributed by atoms with Gasteiger partial charge in [-0.1, -0.05) is 18.2 Å². The Labute approximate surface area is 102 Å². The van der Waals surface area contributed by atoms with Crippen LogP contribution < -0.4 is 0 Å². The van der Waals surface area contributed by atoms with Crippen LogP contribution in [0.4, 0.5) is 0 Å². The van der Waals surface area contributed by atoms with E-state index in [0.717, 1.165) is 15.6 Å². The number of nitrogens with zero attached hydrogens (tertiary/aromatic N) is 2. The van der Waals surface area contributed by atoms with Crippen molar-refractivity contribution in [1.29, 1.82) is 0 Å². The summed E-state index contributed by atoms with van der Waals surface area (Å²) in [5, 5.41) is 13.5. The fraction of sp³-hybridized carbons (Fsp3) is 0.0769. The maximum absolute atomic E-state index is 10.3. The van der Waals surface area contributed by atoms with Crippen LogP contribution in [0.15, 0.2) is 48.2 Å². The highest BCUT2D eigenvalue weighted by Crippen LogP contribution is 2.31. The lowest BCUT2D eigenvalue weighted by Crippen LogP contribution is -2.02. The Balaban J connectivity index is 2.13. The van der Waals surface area contributed by atoms with Gasteiger partial charge >= 0.3 is 0 Å². The lowest BCUT2D eigenvalue weighted by molar-refractivity contribution is 0.217. The molecule has 0 saturated heterocycles. The second-order valence-electron chi connectivity index (χ2n) is 3.72. The summed E-state index contributed by atoms with van der Waals surface area (Å²) in [7, 11) is 0. The second-order valence-corrected chi connectivity index (χ2v) is 4.64. The van der Waals surface area contributed by atoms with Crippen LogP contribution in [-0.4, -0.2) is 15.1 Å². The Morgan fingerprint density at radius 3 is 2.94 bits per heavy atom. The summed E-state index contributed by atoms with van der Waals surface area (Å²) in [5.41, 5.74) is 1.53. The van der Waals surface area contributed by atoms with Gasteiger partial charge in [0.1, 0.15) is 12.4 Å². The summed E-state index contributed by atoms with van der Waals surface area (Å²) in [6, 6.07) is 9.72. The Morgan fingerprint density at radius 1 is 1.18 bits per heavy atom. The first-order valence-corrected chi connectivity index (χ1v) is 6.14. The number of benzene rings is 1. The van der Waals surface area contributed by atoms with Crippen molar-refractivity contribution in [3.8, 4) is 0 Å². The number of aromatic nitrogens is 2. The monoisotopic (exact) mass is 242 g/mol. The Hall–Kier alpha value is -1.78. The summed E-state index contributed by atoms with van der Waals surface area (Å²) < 4.78 is 1.11. The highest BCUT2D eigenvalue weighted by molar-refractivity contribution is 7.17. The summed E-state index contributed by atoms with van der Waals surface area (Å²) in [6.45, 7) is 0. The van der Waals surface area contributed by atoms with Crippen molar-refractivity contribution < 1.29 is 5.11 Å². The molecule has 4 heteroatoms. The SMILES string of the molecule is OC(c1ccncn1)c1cccc2ccsc12.